The van der Waals surface area contributed by atoms with Gasteiger partial charge in [0.05, 0.1) is 5.70 Å². The summed E-state index contributed by atoms with van der Waals surface area (Å²) in [5.41, 5.74) is 4.02. The first-order valence-corrected chi connectivity index (χ1v) is 4.94. The molecule has 17 heavy (non-hydrogen) atoms. The van der Waals surface area contributed by atoms with Crippen molar-refractivity contribution in [3.05, 3.63) is 36.2 Å². The summed E-state index contributed by atoms with van der Waals surface area (Å²) in [6.45, 7) is 0. The maximum Gasteiger partial charge on any atom is 0.411 e. The van der Waals surface area contributed by atoms with Crippen LogP contribution in [0.2, 0.25) is 0 Å². The molecule has 1 aromatic heterocycles. The van der Waals surface area contributed by atoms with Crippen molar-refractivity contribution >= 4 is 11.9 Å². The van der Waals surface area contributed by atoms with Crippen LogP contribution in [0.15, 0.2) is 35.6 Å². The molecule has 0 spiro atoms. The zero-order chi connectivity index (χ0) is 12.5. The van der Waals surface area contributed by atoms with Gasteiger partial charge in [0.25, 0.3) is 0 Å². The molecular weight excluding hydrogens is 231 g/mol. The molecule has 1 aromatic rings. The van der Waals surface area contributed by atoms with E-state index >= 15 is 0 Å². The molecule has 90 valence electrons. The highest BCUT2D eigenvalue weighted by molar-refractivity contribution is 5.83. The summed E-state index contributed by atoms with van der Waals surface area (Å²) in [5.74, 6) is 0. The number of halogens is 3. The molecule has 1 unspecified atom stereocenters. The molecule has 0 saturated heterocycles. The highest BCUT2D eigenvalue weighted by Gasteiger charge is 2.51. The fourth-order valence-corrected chi connectivity index (χ4v) is 1.45. The standard InChI is InChI=1S/C11H10F3N3/c12-11(13,14)10(15)4-3-9(17-7-10)8-2-1-5-16-6-8/h1-3,5-7H,4,15H2. The third kappa shape index (κ3) is 2.21. The normalized spacial score (nSPS) is 24.6. The van der Waals surface area contributed by atoms with E-state index in [0.29, 0.717) is 11.3 Å². The van der Waals surface area contributed by atoms with Crippen LogP contribution in [0.5, 0.6) is 0 Å². The molecule has 0 aromatic carbocycles. The van der Waals surface area contributed by atoms with Crippen LogP contribution in [0.4, 0.5) is 13.2 Å². The van der Waals surface area contributed by atoms with Gasteiger partial charge in [0.15, 0.2) is 5.54 Å². The van der Waals surface area contributed by atoms with E-state index in [4.69, 9.17) is 5.73 Å². The highest BCUT2D eigenvalue weighted by Crippen LogP contribution is 2.34. The zero-order valence-corrected chi connectivity index (χ0v) is 8.78. The van der Waals surface area contributed by atoms with E-state index in [0.717, 1.165) is 6.21 Å². The molecular formula is C11H10F3N3. The Kier molecular flexibility index (Phi) is 2.74. The number of pyridine rings is 1. The molecule has 1 atom stereocenters. The maximum atomic E-state index is 12.6. The van der Waals surface area contributed by atoms with E-state index in [1.165, 1.54) is 6.08 Å². The minimum atomic E-state index is -4.49. The molecule has 0 bridgehead atoms. The van der Waals surface area contributed by atoms with E-state index in [9.17, 15) is 13.2 Å². The Morgan fingerprint density at radius 1 is 1.35 bits per heavy atom. The van der Waals surface area contributed by atoms with Crippen molar-refractivity contribution in [2.75, 3.05) is 0 Å². The number of alkyl halides is 3. The van der Waals surface area contributed by atoms with Gasteiger partial charge < -0.3 is 5.73 Å². The van der Waals surface area contributed by atoms with Gasteiger partial charge in [-0.25, -0.2) is 0 Å². The average molecular weight is 241 g/mol. The number of aromatic nitrogens is 1. The minimum Gasteiger partial charge on any atom is -0.313 e. The van der Waals surface area contributed by atoms with E-state index in [1.54, 1.807) is 24.5 Å². The van der Waals surface area contributed by atoms with Gasteiger partial charge in [-0.05, 0) is 18.6 Å². The van der Waals surface area contributed by atoms with Crippen molar-refractivity contribution < 1.29 is 13.2 Å². The van der Waals surface area contributed by atoms with Crippen molar-refractivity contribution in [1.29, 1.82) is 0 Å². The predicted molar refractivity (Wildman–Crippen MR) is 58.3 cm³/mol. The summed E-state index contributed by atoms with van der Waals surface area (Å²) in [7, 11) is 0. The lowest BCUT2D eigenvalue weighted by atomic mass is 9.93. The van der Waals surface area contributed by atoms with Crippen LogP contribution in [0, 0.1) is 0 Å². The summed E-state index contributed by atoms with van der Waals surface area (Å²) in [6, 6.07) is 3.42. The largest absolute Gasteiger partial charge is 0.411 e. The molecule has 1 aliphatic heterocycles. The fourth-order valence-electron chi connectivity index (χ4n) is 1.45. The van der Waals surface area contributed by atoms with Gasteiger partial charge in [-0.1, -0.05) is 6.08 Å². The zero-order valence-electron chi connectivity index (χ0n) is 8.78. The highest BCUT2D eigenvalue weighted by atomic mass is 19.4. The quantitative estimate of drug-likeness (QED) is 0.819. The molecule has 2 rings (SSSR count). The smallest absolute Gasteiger partial charge is 0.313 e. The van der Waals surface area contributed by atoms with Gasteiger partial charge >= 0.3 is 6.18 Å². The SMILES string of the molecule is NC1(C(F)(F)F)C=NC(c2cccnc2)=CC1. The lowest BCUT2D eigenvalue weighted by Gasteiger charge is -2.29. The predicted octanol–water partition coefficient (Wildman–Crippen LogP) is 2.16. The first kappa shape index (κ1) is 11.8. The monoisotopic (exact) mass is 241 g/mol. The van der Waals surface area contributed by atoms with E-state index in [-0.39, 0.29) is 6.42 Å². The van der Waals surface area contributed by atoms with Crippen molar-refractivity contribution in [3.63, 3.8) is 0 Å². The molecule has 0 aliphatic carbocycles. The van der Waals surface area contributed by atoms with Crippen LogP contribution < -0.4 is 5.73 Å². The topological polar surface area (TPSA) is 51.3 Å². The van der Waals surface area contributed by atoms with E-state index < -0.39 is 11.7 Å². The Bertz CT molecular complexity index is 465. The molecule has 0 radical (unpaired) electrons. The van der Waals surface area contributed by atoms with Crippen LogP contribution in [0.25, 0.3) is 5.70 Å². The van der Waals surface area contributed by atoms with Gasteiger partial charge in [-0.15, -0.1) is 0 Å². The number of hydrogen-bond acceptors (Lipinski definition) is 3. The van der Waals surface area contributed by atoms with E-state index in [1.807, 2.05) is 0 Å². The third-order valence-electron chi connectivity index (χ3n) is 2.55. The second-order valence-corrected chi connectivity index (χ2v) is 3.83. The van der Waals surface area contributed by atoms with Crippen molar-refractivity contribution in [2.45, 2.75) is 18.1 Å². The van der Waals surface area contributed by atoms with Gasteiger partial charge in [0.2, 0.25) is 0 Å². The average Bonchev–Trinajstić information content (AvgIpc) is 2.30. The summed E-state index contributed by atoms with van der Waals surface area (Å²) >= 11 is 0. The Hall–Kier alpha value is -1.69. The Morgan fingerprint density at radius 3 is 2.59 bits per heavy atom. The van der Waals surface area contributed by atoms with Crippen LogP contribution in [0.1, 0.15) is 12.0 Å². The number of nitrogens with two attached hydrogens (primary N) is 1. The van der Waals surface area contributed by atoms with Crippen molar-refractivity contribution in [1.82, 2.24) is 4.98 Å². The van der Waals surface area contributed by atoms with E-state index in [2.05, 4.69) is 9.98 Å². The molecule has 3 nitrogen and oxygen atoms in total. The van der Waals surface area contributed by atoms with Gasteiger partial charge in [-0.2, -0.15) is 13.2 Å². The fraction of sp³-hybridized carbons (Fsp3) is 0.273. The molecule has 0 fully saturated rings. The Balaban J connectivity index is 2.23. The number of aliphatic imine (C=N–C) groups is 1. The molecule has 0 saturated carbocycles. The molecule has 1 aliphatic rings. The third-order valence-corrected chi connectivity index (χ3v) is 2.55. The summed E-state index contributed by atoms with van der Waals surface area (Å²) in [6.07, 6.45) is 0.456. The van der Waals surface area contributed by atoms with Gasteiger partial charge in [-0.3, -0.25) is 9.98 Å². The van der Waals surface area contributed by atoms with Gasteiger partial charge in [0.1, 0.15) is 0 Å². The summed E-state index contributed by atoms with van der Waals surface area (Å²) in [4.78, 5) is 7.65. The number of hydrogen-bond donors (Lipinski definition) is 1. The Morgan fingerprint density at radius 2 is 2.12 bits per heavy atom. The van der Waals surface area contributed by atoms with Crippen LogP contribution in [0.3, 0.4) is 0 Å². The molecule has 2 heterocycles. The maximum absolute atomic E-state index is 12.6. The lowest BCUT2D eigenvalue weighted by molar-refractivity contribution is -0.163. The van der Waals surface area contributed by atoms with Crippen molar-refractivity contribution in [2.24, 2.45) is 10.7 Å². The number of nitrogens with zero attached hydrogens (tertiary/aromatic N) is 2. The molecule has 0 amide bonds. The van der Waals surface area contributed by atoms with Gasteiger partial charge in [0, 0.05) is 24.2 Å². The minimum absolute atomic E-state index is 0.315. The number of rotatable bonds is 1. The van der Waals surface area contributed by atoms with Crippen LogP contribution in [-0.4, -0.2) is 22.9 Å². The van der Waals surface area contributed by atoms with Crippen LogP contribution >= 0.6 is 0 Å². The Labute approximate surface area is 95.9 Å². The second kappa shape index (κ2) is 3.96. The molecule has 2 N–H and O–H groups in total. The first-order valence-electron chi connectivity index (χ1n) is 4.94. The lowest BCUT2D eigenvalue weighted by Crippen LogP contribution is -2.55. The van der Waals surface area contributed by atoms with Crippen LogP contribution in [-0.2, 0) is 0 Å². The van der Waals surface area contributed by atoms with Crippen molar-refractivity contribution in [3.8, 4) is 0 Å². The first-order chi connectivity index (χ1) is 7.92. The summed E-state index contributed by atoms with van der Waals surface area (Å²) in [5, 5.41) is 0. The molecule has 6 heteroatoms. The second-order valence-electron chi connectivity index (χ2n) is 3.83. The summed E-state index contributed by atoms with van der Waals surface area (Å²) < 4.78 is 37.8.